The minimum atomic E-state index is -0.864. The van der Waals surface area contributed by atoms with Gasteiger partial charge in [-0.25, -0.2) is 0 Å². The molecule has 0 unspecified atom stereocenters. The zero-order valence-electron chi connectivity index (χ0n) is 13.7. The smallest absolute Gasteiger partial charge is 0.314 e. The summed E-state index contributed by atoms with van der Waals surface area (Å²) in [5.41, 5.74) is 0.839. The van der Waals surface area contributed by atoms with Gasteiger partial charge in [0.1, 0.15) is 13.2 Å². The normalized spacial score (nSPS) is 19.7. The first-order valence-corrected chi connectivity index (χ1v) is 8.71. The highest BCUT2D eigenvalue weighted by atomic mass is 35.5. The van der Waals surface area contributed by atoms with E-state index in [0.29, 0.717) is 42.6 Å². The summed E-state index contributed by atoms with van der Waals surface area (Å²) < 4.78 is 11.4. The van der Waals surface area contributed by atoms with E-state index in [1.54, 1.807) is 0 Å². The number of carboxylic acids is 1. The number of hydrogen-bond donors (Lipinski definition) is 1. The van der Waals surface area contributed by atoms with Gasteiger partial charge in [0, 0.05) is 0 Å². The van der Waals surface area contributed by atoms with Crippen LogP contribution in [-0.2, 0) is 10.2 Å². The molecule has 1 aliphatic carbocycles. The third kappa shape index (κ3) is 2.67. The van der Waals surface area contributed by atoms with Crippen LogP contribution in [0.15, 0.2) is 6.07 Å². The molecule has 0 aromatic heterocycles. The fourth-order valence-corrected chi connectivity index (χ4v) is 4.34. The molecule has 0 amide bonds. The first-order chi connectivity index (χ1) is 11.0. The molecule has 0 spiro atoms. The quantitative estimate of drug-likeness (QED) is 0.880. The lowest BCUT2D eigenvalue weighted by atomic mass is 9.67. The summed E-state index contributed by atoms with van der Waals surface area (Å²) in [4.78, 5) is 12.2. The van der Waals surface area contributed by atoms with E-state index >= 15 is 0 Å². The Kier molecular flexibility index (Phi) is 4.45. The minimum Gasteiger partial charge on any atom is -0.486 e. The average molecular weight is 339 g/mol. The van der Waals surface area contributed by atoms with Crippen LogP contribution >= 0.6 is 11.6 Å². The Labute approximate surface area is 141 Å². The van der Waals surface area contributed by atoms with Crippen LogP contribution in [0, 0.1) is 0 Å². The summed E-state index contributed by atoms with van der Waals surface area (Å²) in [6.45, 7) is 5.01. The van der Waals surface area contributed by atoms with Crippen molar-refractivity contribution < 1.29 is 19.4 Å². The van der Waals surface area contributed by atoms with Crippen molar-refractivity contribution in [2.45, 2.75) is 57.3 Å². The predicted molar refractivity (Wildman–Crippen MR) is 88.9 cm³/mol. The van der Waals surface area contributed by atoms with Gasteiger partial charge in [-0.2, -0.15) is 0 Å². The summed E-state index contributed by atoms with van der Waals surface area (Å²) in [7, 11) is 0. The highest BCUT2D eigenvalue weighted by Crippen LogP contribution is 2.50. The van der Waals surface area contributed by atoms with Crippen LogP contribution in [0.4, 0.5) is 0 Å². The van der Waals surface area contributed by atoms with E-state index in [4.69, 9.17) is 21.1 Å². The number of fused-ring (bicyclic) bond motifs is 1. The first kappa shape index (κ1) is 16.4. The summed E-state index contributed by atoms with van der Waals surface area (Å²) in [6, 6.07) is 1.87. The van der Waals surface area contributed by atoms with Crippen LogP contribution in [0.25, 0.3) is 0 Å². The summed E-state index contributed by atoms with van der Waals surface area (Å²) in [5.74, 6) is 0.492. The number of rotatable bonds is 3. The number of benzene rings is 1. The van der Waals surface area contributed by atoms with E-state index < -0.39 is 11.4 Å². The van der Waals surface area contributed by atoms with E-state index in [1.165, 1.54) is 0 Å². The highest BCUT2D eigenvalue weighted by Gasteiger charge is 2.44. The van der Waals surface area contributed by atoms with Gasteiger partial charge >= 0.3 is 5.97 Å². The third-order valence-corrected chi connectivity index (χ3v) is 5.40. The fourth-order valence-electron chi connectivity index (χ4n) is 3.87. The van der Waals surface area contributed by atoms with Crippen molar-refractivity contribution in [1.82, 2.24) is 0 Å². The van der Waals surface area contributed by atoms with Gasteiger partial charge in [0.25, 0.3) is 0 Å². The molecule has 1 heterocycles. The minimum absolute atomic E-state index is 0.117. The maximum atomic E-state index is 12.2. The van der Waals surface area contributed by atoms with Gasteiger partial charge in [0.15, 0.2) is 11.5 Å². The Morgan fingerprint density at radius 2 is 1.87 bits per heavy atom. The van der Waals surface area contributed by atoms with Crippen LogP contribution in [0.5, 0.6) is 11.5 Å². The van der Waals surface area contributed by atoms with Crippen LogP contribution in [0.1, 0.15) is 63.0 Å². The average Bonchev–Trinajstić information content (AvgIpc) is 2.55. The van der Waals surface area contributed by atoms with E-state index in [1.807, 2.05) is 19.9 Å². The molecule has 1 fully saturated rings. The maximum Gasteiger partial charge on any atom is 0.314 e. The first-order valence-electron chi connectivity index (χ1n) is 8.33. The fraction of sp³-hybridized carbons (Fsp3) is 0.611. The second-order valence-corrected chi connectivity index (χ2v) is 7.16. The Morgan fingerprint density at radius 3 is 2.48 bits per heavy atom. The Bertz CT molecular complexity index is 618. The van der Waals surface area contributed by atoms with Gasteiger partial charge in [0.05, 0.1) is 10.4 Å². The molecule has 1 N–H and O–H groups in total. The zero-order valence-corrected chi connectivity index (χ0v) is 14.4. The molecule has 1 saturated carbocycles. The number of hydrogen-bond acceptors (Lipinski definition) is 3. The molecular formula is C18H23ClO4. The third-order valence-electron chi connectivity index (χ3n) is 5.02. The largest absolute Gasteiger partial charge is 0.486 e. The van der Waals surface area contributed by atoms with Crippen molar-refractivity contribution in [2.75, 3.05) is 13.2 Å². The number of aliphatic carboxylic acids is 1. The highest BCUT2D eigenvalue weighted by molar-refractivity contribution is 6.33. The van der Waals surface area contributed by atoms with Gasteiger partial charge in [-0.15, -0.1) is 0 Å². The molecule has 3 rings (SSSR count). The molecule has 1 aliphatic heterocycles. The van der Waals surface area contributed by atoms with Crippen molar-refractivity contribution in [3.05, 3.63) is 22.2 Å². The number of carbonyl (C=O) groups is 1. The van der Waals surface area contributed by atoms with Crippen molar-refractivity contribution in [3.8, 4) is 11.5 Å². The van der Waals surface area contributed by atoms with Gasteiger partial charge in [-0.05, 0) is 36.0 Å². The topological polar surface area (TPSA) is 55.8 Å². The lowest BCUT2D eigenvalue weighted by molar-refractivity contribution is -0.145. The molecule has 126 valence electrons. The second kappa shape index (κ2) is 6.23. The molecule has 2 aliphatic rings. The molecule has 5 heteroatoms. The van der Waals surface area contributed by atoms with E-state index in [-0.39, 0.29) is 5.92 Å². The van der Waals surface area contributed by atoms with Crippen LogP contribution < -0.4 is 9.47 Å². The van der Waals surface area contributed by atoms with Crippen molar-refractivity contribution in [1.29, 1.82) is 0 Å². The molecule has 0 atom stereocenters. The SMILES string of the molecule is CC(C)c1c(C2(C(=O)O)CCCCC2)cc2c(c1Cl)OCCO2. The Morgan fingerprint density at radius 1 is 1.22 bits per heavy atom. The van der Waals surface area contributed by atoms with E-state index in [9.17, 15) is 9.90 Å². The van der Waals surface area contributed by atoms with Gasteiger partial charge in [-0.3, -0.25) is 4.79 Å². The van der Waals surface area contributed by atoms with Crippen molar-refractivity contribution >= 4 is 17.6 Å². The monoisotopic (exact) mass is 338 g/mol. The summed E-state index contributed by atoms with van der Waals surface area (Å²) in [6.07, 6.45) is 4.24. The Hall–Kier alpha value is -1.42. The Balaban J connectivity index is 2.24. The number of halogens is 1. The van der Waals surface area contributed by atoms with Crippen LogP contribution in [0.3, 0.4) is 0 Å². The van der Waals surface area contributed by atoms with Gasteiger partial charge < -0.3 is 14.6 Å². The summed E-state index contributed by atoms with van der Waals surface area (Å²) in [5, 5.41) is 10.5. The van der Waals surface area contributed by atoms with E-state index in [2.05, 4.69) is 0 Å². The molecule has 0 bridgehead atoms. The standard InChI is InChI=1S/C18H23ClO4/c1-11(2)14-12(18(17(20)21)6-4-3-5-7-18)10-13-16(15(14)19)23-9-8-22-13/h10-11H,3-9H2,1-2H3,(H,20,21). The molecule has 4 nitrogen and oxygen atoms in total. The van der Waals surface area contributed by atoms with E-state index in [0.717, 1.165) is 30.4 Å². The zero-order chi connectivity index (χ0) is 16.6. The van der Waals surface area contributed by atoms with Crippen LogP contribution in [-0.4, -0.2) is 24.3 Å². The molecular weight excluding hydrogens is 316 g/mol. The maximum absolute atomic E-state index is 12.2. The second-order valence-electron chi connectivity index (χ2n) is 6.78. The van der Waals surface area contributed by atoms with Crippen molar-refractivity contribution in [3.63, 3.8) is 0 Å². The molecule has 1 aromatic carbocycles. The predicted octanol–water partition coefficient (Wildman–Crippen LogP) is 4.52. The lowest BCUT2D eigenvalue weighted by Gasteiger charge is -2.37. The van der Waals surface area contributed by atoms with Gasteiger partial charge in [-0.1, -0.05) is 44.7 Å². The summed E-state index contributed by atoms with van der Waals surface area (Å²) >= 11 is 6.61. The molecule has 1 aromatic rings. The number of carboxylic acid groups (broad SMARTS) is 1. The number of ether oxygens (including phenoxy) is 2. The molecule has 0 radical (unpaired) electrons. The van der Waals surface area contributed by atoms with Gasteiger partial charge in [0.2, 0.25) is 0 Å². The van der Waals surface area contributed by atoms with Crippen molar-refractivity contribution in [2.24, 2.45) is 0 Å². The lowest BCUT2D eigenvalue weighted by Crippen LogP contribution is -2.39. The molecule has 23 heavy (non-hydrogen) atoms. The molecule has 0 saturated heterocycles. The van der Waals surface area contributed by atoms with Crippen LogP contribution in [0.2, 0.25) is 5.02 Å².